The van der Waals surface area contributed by atoms with Crippen LogP contribution in [-0.4, -0.2) is 29.5 Å². The lowest BCUT2D eigenvalue weighted by atomic mass is 10.1. The number of aliphatic imine (C=N–C) groups is 1. The summed E-state index contributed by atoms with van der Waals surface area (Å²) in [5.41, 5.74) is 7.67. The van der Waals surface area contributed by atoms with Crippen LogP contribution in [0.2, 0.25) is 5.02 Å². The molecule has 0 radical (unpaired) electrons. The van der Waals surface area contributed by atoms with Crippen LogP contribution in [0.3, 0.4) is 0 Å². The van der Waals surface area contributed by atoms with Crippen molar-refractivity contribution < 1.29 is 5.11 Å². The Morgan fingerprint density at radius 2 is 2.06 bits per heavy atom. The van der Waals surface area contributed by atoms with Gasteiger partial charge in [0.25, 0.3) is 0 Å². The summed E-state index contributed by atoms with van der Waals surface area (Å²) in [5.74, 6) is 0. The molecular weight excluding hydrogens is 426 g/mol. The summed E-state index contributed by atoms with van der Waals surface area (Å²) >= 11 is 7.79. The average molecular weight is 452 g/mol. The highest BCUT2D eigenvalue weighted by molar-refractivity contribution is 7.07. The predicted molar refractivity (Wildman–Crippen MR) is 133 cm³/mol. The minimum absolute atomic E-state index is 0.146. The third kappa shape index (κ3) is 7.79. The number of allylic oxidation sites excluding steroid dienone is 2. The van der Waals surface area contributed by atoms with E-state index in [1.54, 1.807) is 11.3 Å². The lowest BCUT2D eigenvalue weighted by Crippen LogP contribution is -2.04. The van der Waals surface area contributed by atoms with E-state index in [-0.39, 0.29) is 6.61 Å². The molecule has 1 heterocycles. The Hall–Kier alpha value is -2.73. The van der Waals surface area contributed by atoms with Gasteiger partial charge in [0.2, 0.25) is 0 Å². The highest BCUT2D eigenvalue weighted by Gasteiger charge is 2.03. The first-order chi connectivity index (χ1) is 15.1. The molecule has 3 rings (SSSR count). The molecule has 4 nitrogen and oxygen atoms in total. The second-order valence-electron chi connectivity index (χ2n) is 7.06. The first-order valence-electron chi connectivity index (χ1n) is 10.2. The molecule has 2 N–H and O–H groups in total. The van der Waals surface area contributed by atoms with Gasteiger partial charge in [-0.15, -0.1) is 11.3 Å². The van der Waals surface area contributed by atoms with Gasteiger partial charge in [0.15, 0.2) is 0 Å². The Morgan fingerprint density at radius 3 is 2.77 bits per heavy atom. The van der Waals surface area contributed by atoms with Crippen LogP contribution in [0.4, 0.5) is 5.69 Å². The van der Waals surface area contributed by atoms with E-state index in [0.29, 0.717) is 11.4 Å². The molecule has 3 aromatic rings. The van der Waals surface area contributed by atoms with Crippen molar-refractivity contribution in [2.24, 2.45) is 4.99 Å². The molecule has 0 aliphatic carbocycles. The van der Waals surface area contributed by atoms with E-state index in [1.165, 1.54) is 0 Å². The van der Waals surface area contributed by atoms with Crippen molar-refractivity contribution in [1.82, 2.24) is 4.98 Å². The Balaban J connectivity index is 1.67. The molecule has 0 amide bonds. The number of rotatable bonds is 11. The van der Waals surface area contributed by atoms with E-state index >= 15 is 0 Å². The predicted octanol–water partition coefficient (Wildman–Crippen LogP) is 6.24. The normalized spacial score (nSPS) is 11.7. The maximum Gasteiger partial charge on any atom is 0.0794 e. The van der Waals surface area contributed by atoms with Crippen LogP contribution in [-0.2, 0) is 6.42 Å². The highest BCUT2D eigenvalue weighted by Crippen LogP contribution is 2.22. The van der Waals surface area contributed by atoms with Gasteiger partial charge in [0, 0.05) is 47.4 Å². The third-order valence-electron chi connectivity index (χ3n) is 4.57. The molecule has 31 heavy (non-hydrogen) atoms. The highest BCUT2D eigenvalue weighted by atomic mass is 35.5. The van der Waals surface area contributed by atoms with Gasteiger partial charge in [-0.1, -0.05) is 48.0 Å². The Morgan fingerprint density at radius 1 is 1.23 bits per heavy atom. The second kappa shape index (κ2) is 12.2. The molecule has 0 saturated heterocycles. The number of hydrogen-bond donors (Lipinski definition) is 2. The Kier molecular flexibility index (Phi) is 9.03. The van der Waals surface area contributed by atoms with Crippen LogP contribution in [0.25, 0.3) is 5.70 Å². The number of halogens is 1. The first-order valence-corrected chi connectivity index (χ1v) is 11.5. The molecule has 0 fully saturated rings. The van der Waals surface area contributed by atoms with Crippen LogP contribution in [0.5, 0.6) is 0 Å². The van der Waals surface area contributed by atoms with Gasteiger partial charge in [-0.25, -0.2) is 4.98 Å². The van der Waals surface area contributed by atoms with E-state index in [4.69, 9.17) is 21.7 Å². The van der Waals surface area contributed by atoms with Gasteiger partial charge in [-0.2, -0.15) is 0 Å². The maximum absolute atomic E-state index is 9.06. The standard InChI is InChI=1S/C25H26ClN3OS/c1-19(4-3-13-30)14-25(21-5-2-6-22(26)15-21)28-16-20-7-9-23(10-8-20)27-12-11-24-17-31-18-29-24/h2,5-10,14-18,27,30H,1,3-4,11-13H2/b25-14-,28-16?. The molecular formula is C25H26ClN3OS. The molecule has 0 spiro atoms. The fourth-order valence-electron chi connectivity index (χ4n) is 2.94. The summed E-state index contributed by atoms with van der Waals surface area (Å²) in [5, 5.41) is 15.2. The molecule has 0 saturated carbocycles. The van der Waals surface area contributed by atoms with Crippen LogP contribution in [0.15, 0.2) is 82.6 Å². The van der Waals surface area contributed by atoms with Crippen molar-refractivity contribution >= 4 is 40.5 Å². The van der Waals surface area contributed by atoms with Gasteiger partial charge in [0.1, 0.15) is 0 Å². The summed E-state index contributed by atoms with van der Waals surface area (Å²) in [7, 11) is 0. The minimum Gasteiger partial charge on any atom is -0.396 e. The number of benzene rings is 2. The largest absolute Gasteiger partial charge is 0.396 e. The zero-order valence-electron chi connectivity index (χ0n) is 17.3. The Bertz CT molecular complexity index is 1030. The van der Waals surface area contributed by atoms with Crippen LogP contribution < -0.4 is 5.32 Å². The summed E-state index contributed by atoms with van der Waals surface area (Å²) in [6, 6.07) is 15.8. The summed E-state index contributed by atoms with van der Waals surface area (Å²) < 4.78 is 0. The number of anilines is 1. The van der Waals surface area contributed by atoms with Gasteiger partial charge < -0.3 is 10.4 Å². The molecule has 0 unspecified atom stereocenters. The average Bonchev–Trinajstić information content (AvgIpc) is 3.29. The molecule has 0 atom stereocenters. The van der Waals surface area contributed by atoms with Crippen molar-refractivity contribution in [2.75, 3.05) is 18.5 Å². The lowest BCUT2D eigenvalue weighted by molar-refractivity contribution is 0.289. The number of aliphatic hydroxyl groups excluding tert-OH is 1. The number of nitrogens with zero attached hydrogens (tertiary/aromatic N) is 2. The molecule has 0 aliphatic heterocycles. The van der Waals surface area contributed by atoms with Crippen LogP contribution in [0.1, 0.15) is 29.7 Å². The minimum atomic E-state index is 0.146. The number of aromatic nitrogens is 1. The van der Waals surface area contributed by atoms with Gasteiger partial charge in [0.05, 0.1) is 16.9 Å². The number of thiazole rings is 1. The number of nitrogens with one attached hydrogen (secondary N) is 1. The topological polar surface area (TPSA) is 57.5 Å². The summed E-state index contributed by atoms with van der Waals surface area (Å²) in [6.07, 6.45) is 6.09. The van der Waals surface area contributed by atoms with Crippen LogP contribution in [0, 0.1) is 0 Å². The van der Waals surface area contributed by atoms with Crippen molar-refractivity contribution in [2.45, 2.75) is 19.3 Å². The zero-order valence-corrected chi connectivity index (χ0v) is 18.9. The smallest absolute Gasteiger partial charge is 0.0794 e. The van der Waals surface area contributed by atoms with Gasteiger partial charge >= 0.3 is 0 Å². The van der Waals surface area contributed by atoms with E-state index in [1.807, 2.05) is 66.3 Å². The van der Waals surface area contributed by atoms with E-state index < -0.39 is 0 Å². The zero-order chi connectivity index (χ0) is 21.9. The van der Waals surface area contributed by atoms with E-state index in [9.17, 15) is 0 Å². The molecule has 2 aromatic carbocycles. The van der Waals surface area contributed by atoms with Crippen molar-refractivity contribution in [3.05, 3.63) is 99.5 Å². The van der Waals surface area contributed by atoms with Crippen molar-refractivity contribution in [3.8, 4) is 0 Å². The number of aliphatic hydroxyl groups is 1. The van der Waals surface area contributed by atoms with E-state index in [0.717, 1.165) is 53.2 Å². The lowest BCUT2D eigenvalue weighted by Gasteiger charge is -2.07. The maximum atomic E-state index is 9.06. The summed E-state index contributed by atoms with van der Waals surface area (Å²) in [6.45, 7) is 5.07. The van der Waals surface area contributed by atoms with Crippen LogP contribution >= 0.6 is 22.9 Å². The quantitative estimate of drug-likeness (QED) is 0.268. The monoisotopic (exact) mass is 451 g/mol. The second-order valence-corrected chi connectivity index (χ2v) is 8.22. The Labute approximate surface area is 192 Å². The third-order valence-corrected chi connectivity index (χ3v) is 5.44. The summed E-state index contributed by atoms with van der Waals surface area (Å²) in [4.78, 5) is 9.00. The van der Waals surface area contributed by atoms with E-state index in [2.05, 4.69) is 22.3 Å². The first kappa shape index (κ1) is 22.9. The van der Waals surface area contributed by atoms with Crippen molar-refractivity contribution in [1.29, 1.82) is 0 Å². The fourth-order valence-corrected chi connectivity index (χ4v) is 3.72. The SMILES string of the molecule is C=C(/C=C(\N=Cc1ccc(NCCc2cscn2)cc1)c1cccc(Cl)c1)CCCO. The number of hydrogen-bond acceptors (Lipinski definition) is 5. The van der Waals surface area contributed by atoms with Crippen molar-refractivity contribution in [3.63, 3.8) is 0 Å². The van der Waals surface area contributed by atoms with Gasteiger partial charge in [-0.3, -0.25) is 4.99 Å². The molecule has 1 aromatic heterocycles. The molecule has 0 bridgehead atoms. The fraction of sp³-hybridized carbons (Fsp3) is 0.200. The van der Waals surface area contributed by atoms with Gasteiger partial charge in [-0.05, 0) is 48.7 Å². The molecule has 6 heteroatoms. The molecule has 0 aliphatic rings. The molecule has 160 valence electrons.